The Labute approximate surface area is 99.2 Å². The lowest BCUT2D eigenvalue weighted by molar-refractivity contribution is 0.415. The quantitative estimate of drug-likeness (QED) is 0.770. The first-order valence-electron chi connectivity index (χ1n) is 6.54. The Bertz CT molecular complexity index is 300. The Morgan fingerprint density at radius 1 is 1.25 bits per heavy atom. The van der Waals surface area contributed by atoms with Crippen molar-refractivity contribution in [3.63, 3.8) is 0 Å². The van der Waals surface area contributed by atoms with E-state index < -0.39 is 0 Å². The van der Waals surface area contributed by atoms with Gasteiger partial charge in [0.05, 0.1) is 12.2 Å². The second kappa shape index (κ2) is 6.69. The van der Waals surface area contributed by atoms with Crippen molar-refractivity contribution in [1.82, 2.24) is 15.1 Å². The highest BCUT2D eigenvalue weighted by molar-refractivity contribution is 5.18. The van der Waals surface area contributed by atoms with Crippen molar-refractivity contribution in [3.8, 4) is 0 Å². The molecule has 0 aromatic carbocycles. The number of hydrogen-bond donors (Lipinski definition) is 1. The van der Waals surface area contributed by atoms with Crippen molar-refractivity contribution < 1.29 is 0 Å². The third-order valence-corrected chi connectivity index (χ3v) is 3.17. The predicted molar refractivity (Wildman–Crippen MR) is 68.6 cm³/mol. The maximum absolute atomic E-state index is 4.56. The monoisotopic (exact) mass is 223 g/mol. The van der Waals surface area contributed by atoms with Crippen LogP contribution in [0.15, 0.2) is 6.20 Å². The van der Waals surface area contributed by atoms with E-state index in [4.69, 9.17) is 0 Å². The van der Waals surface area contributed by atoms with Gasteiger partial charge < -0.3 is 5.32 Å². The lowest BCUT2D eigenvalue weighted by Crippen LogP contribution is -2.15. The molecule has 1 aromatic rings. The maximum Gasteiger partial charge on any atom is 0.0537 e. The zero-order valence-corrected chi connectivity index (χ0v) is 11.1. The second-order valence-electron chi connectivity index (χ2n) is 4.17. The average Bonchev–Trinajstić information content (AvgIpc) is 2.71. The lowest BCUT2D eigenvalue weighted by Gasteiger charge is -2.17. The van der Waals surface area contributed by atoms with Crippen molar-refractivity contribution in [1.29, 1.82) is 0 Å². The summed E-state index contributed by atoms with van der Waals surface area (Å²) < 4.78 is 2.23. The van der Waals surface area contributed by atoms with Gasteiger partial charge in [0, 0.05) is 17.8 Å². The van der Waals surface area contributed by atoms with Gasteiger partial charge in [0.1, 0.15) is 0 Å². The Hall–Kier alpha value is -0.830. The standard InChI is InChI=1S/C13H25N3/c1-5-12(6-2)16-13(7-3)11(10-15-16)9-14-8-4/h10,12,14H,5-9H2,1-4H3. The highest BCUT2D eigenvalue weighted by Gasteiger charge is 2.14. The van der Waals surface area contributed by atoms with Crippen LogP contribution in [0.1, 0.15) is 57.8 Å². The molecule has 1 N–H and O–H groups in total. The van der Waals surface area contributed by atoms with Gasteiger partial charge >= 0.3 is 0 Å². The molecule has 0 saturated carbocycles. The molecule has 0 amide bonds. The van der Waals surface area contributed by atoms with Gasteiger partial charge in [0.2, 0.25) is 0 Å². The molecule has 1 heterocycles. The van der Waals surface area contributed by atoms with Crippen LogP contribution in [-0.4, -0.2) is 16.3 Å². The molecule has 16 heavy (non-hydrogen) atoms. The van der Waals surface area contributed by atoms with Crippen LogP contribution in [0.5, 0.6) is 0 Å². The number of nitrogens with zero attached hydrogens (tertiary/aromatic N) is 2. The summed E-state index contributed by atoms with van der Waals surface area (Å²) in [4.78, 5) is 0. The van der Waals surface area contributed by atoms with Gasteiger partial charge in [-0.25, -0.2) is 0 Å². The zero-order chi connectivity index (χ0) is 12.0. The second-order valence-corrected chi connectivity index (χ2v) is 4.17. The minimum absolute atomic E-state index is 0.560. The number of aromatic nitrogens is 2. The van der Waals surface area contributed by atoms with Crippen LogP contribution in [0.2, 0.25) is 0 Å². The van der Waals surface area contributed by atoms with Crippen molar-refractivity contribution in [2.75, 3.05) is 6.54 Å². The number of rotatable bonds is 7. The molecule has 0 aliphatic rings. The molecule has 0 aliphatic carbocycles. The van der Waals surface area contributed by atoms with Gasteiger partial charge in [0.25, 0.3) is 0 Å². The Balaban J connectivity index is 2.88. The minimum atomic E-state index is 0.560. The van der Waals surface area contributed by atoms with Crippen LogP contribution in [0.4, 0.5) is 0 Å². The third-order valence-electron chi connectivity index (χ3n) is 3.17. The van der Waals surface area contributed by atoms with Gasteiger partial charge in [-0.05, 0) is 25.8 Å². The van der Waals surface area contributed by atoms with Crippen LogP contribution in [0.3, 0.4) is 0 Å². The molecule has 0 bridgehead atoms. The van der Waals surface area contributed by atoms with E-state index in [1.54, 1.807) is 0 Å². The van der Waals surface area contributed by atoms with Gasteiger partial charge in [-0.3, -0.25) is 4.68 Å². The molecule has 0 aliphatic heterocycles. The molecule has 3 heteroatoms. The molecular formula is C13H25N3. The first kappa shape index (κ1) is 13.2. The van der Waals surface area contributed by atoms with E-state index in [0.29, 0.717) is 6.04 Å². The van der Waals surface area contributed by atoms with E-state index >= 15 is 0 Å². The van der Waals surface area contributed by atoms with Crippen LogP contribution < -0.4 is 5.32 Å². The van der Waals surface area contributed by atoms with E-state index in [1.807, 2.05) is 6.20 Å². The summed E-state index contributed by atoms with van der Waals surface area (Å²) in [5, 5.41) is 7.93. The fraction of sp³-hybridized carbons (Fsp3) is 0.769. The van der Waals surface area contributed by atoms with Gasteiger partial charge in [-0.1, -0.05) is 27.7 Å². The number of nitrogens with one attached hydrogen (secondary N) is 1. The van der Waals surface area contributed by atoms with E-state index in [2.05, 4.69) is 42.8 Å². The SMILES string of the molecule is CCNCc1cnn(C(CC)CC)c1CC. The fourth-order valence-corrected chi connectivity index (χ4v) is 2.17. The topological polar surface area (TPSA) is 29.9 Å². The van der Waals surface area contributed by atoms with Crippen molar-refractivity contribution >= 4 is 0 Å². The van der Waals surface area contributed by atoms with Crippen LogP contribution in [0, 0.1) is 0 Å². The summed E-state index contributed by atoms with van der Waals surface area (Å²) in [5.74, 6) is 0. The average molecular weight is 223 g/mol. The third kappa shape index (κ3) is 2.85. The molecule has 0 saturated heterocycles. The summed E-state index contributed by atoms with van der Waals surface area (Å²) in [6.45, 7) is 10.8. The molecule has 3 nitrogen and oxygen atoms in total. The normalized spacial score (nSPS) is 11.3. The summed E-state index contributed by atoms with van der Waals surface area (Å²) in [6, 6.07) is 0.560. The van der Waals surface area contributed by atoms with E-state index in [1.165, 1.54) is 11.3 Å². The van der Waals surface area contributed by atoms with E-state index in [-0.39, 0.29) is 0 Å². The van der Waals surface area contributed by atoms with Crippen molar-refractivity contribution in [3.05, 3.63) is 17.5 Å². The van der Waals surface area contributed by atoms with Crippen LogP contribution >= 0.6 is 0 Å². The molecule has 0 unspecified atom stereocenters. The van der Waals surface area contributed by atoms with Crippen molar-refractivity contribution in [2.45, 2.75) is 59.5 Å². The highest BCUT2D eigenvalue weighted by atomic mass is 15.3. The Morgan fingerprint density at radius 3 is 2.44 bits per heavy atom. The van der Waals surface area contributed by atoms with E-state index in [9.17, 15) is 0 Å². The molecule has 0 atom stereocenters. The summed E-state index contributed by atoms with van der Waals surface area (Å²) in [6.07, 6.45) is 5.41. The predicted octanol–water partition coefficient (Wildman–Crippen LogP) is 2.92. The summed E-state index contributed by atoms with van der Waals surface area (Å²) >= 11 is 0. The highest BCUT2D eigenvalue weighted by Crippen LogP contribution is 2.20. The molecular weight excluding hydrogens is 198 g/mol. The van der Waals surface area contributed by atoms with Crippen LogP contribution in [-0.2, 0) is 13.0 Å². The van der Waals surface area contributed by atoms with E-state index in [0.717, 1.165) is 32.4 Å². The largest absolute Gasteiger partial charge is 0.313 e. The molecule has 1 aromatic heterocycles. The minimum Gasteiger partial charge on any atom is -0.313 e. The molecule has 1 rings (SSSR count). The Kier molecular flexibility index (Phi) is 5.53. The van der Waals surface area contributed by atoms with Gasteiger partial charge in [-0.2, -0.15) is 5.10 Å². The van der Waals surface area contributed by atoms with Crippen LogP contribution in [0.25, 0.3) is 0 Å². The smallest absolute Gasteiger partial charge is 0.0537 e. The lowest BCUT2D eigenvalue weighted by atomic mass is 10.1. The summed E-state index contributed by atoms with van der Waals surface area (Å²) in [7, 11) is 0. The van der Waals surface area contributed by atoms with Gasteiger partial charge in [-0.15, -0.1) is 0 Å². The van der Waals surface area contributed by atoms with Crippen molar-refractivity contribution in [2.24, 2.45) is 0 Å². The Morgan fingerprint density at radius 2 is 1.94 bits per heavy atom. The maximum atomic E-state index is 4.56. The van der Waals surface area contributed by atoms with Gasteiger partial charge in [0.15, 0.2) is 0 Å². The fourth-order valence-electron chi connectivity index (χ4n) is 2.17. The molecule has 0 fully saturated rings. The first-order valence-corrected chi connectivity index (χ1v) is 6.54. The number of hydrogen-bond acceptors (Lipinski definition) is 2. The zero-order valence-electron chi connectivity index (χ0n) is 11.1. The molecule has 92 valence electrons. The molecule has 0 spiro atoms. The summed E-state index contributed by atoms with van der Waals surface area (Å²) in [5.41, 5.74) is 2.76. The first-order chi connectivity index (χ1) is 7.78. The molecule has 0 radical (unpaired) electrons.